The van der Waals surface area contributed by atoms with Gasteiger partial charge >= 0.3 is 0 Å². The van der Waals surface area contributed by atoms with E-state index in [9.17, 15) is 0 Å². The van der Waals surface area contributed by atoms with Crippen molar-refractivity contribution in [1.29, 1.82) is 0 Å². The molecule has 0 bridgehead atoms. The Kier molecular flexibility index (Phi) is 5.93. The number of hydrogen-bond acceptors (Lipinski definition) is 3. The zero-order valence-corrected chi connectivity index (χ0v) is 6.39. The SMILES string of the molecule is COCCN(C)COC. The Hall–Kier alpha value is -0.120. The van der Waals surface area contributed by atoms with E-state index in [4.69, 9.17) is 9.47 Å². The maximum atomic E-state index is 4.87. The average Bonchev–Trinajstić information content (AvgIpc) is 1.85. The Morgan fingerprint density at radius 1 is 1.22 bits per heavy atom. The third kappa shape index (κ3) is 5.76. The summed E-state index contributed by atoms with van der Waals surface area (Å²) in [6.45, 7) is 2.35. The van der Waals surface area contributed by atoms with E-state index in [1.54, 1.807) is 14.2 Å². The number of nitrogens with zero attached hydrogens (tertiary/aromatic N) is 1. The van der Waals surface area contributed by atoms with Crippen molar-refractivity contribution >= 4 is 0 Å². The van der Waals surface area contributed by atoms with E-state index < -0.39 is 0 Å². The topological polar surface area (TPSA) is 21.7 Å². The molecular weight excluding hydrogens is 118 g/mol. The maximum absolute atomic E-state index is 4.87. The van der Waals surface area contributed by atoms with Crippen molar-refractivity contribution in [1.82, 2.24) is 4.90 Å². The van der Waals surface area contributed by atoms with Crippen LogP contribution in [0, 0.1) is 0 Å². The van der Waals surface area contributed by atoms with Gasteiger partial charge in [0.15, 0.2) is 0 Å². The van der Waals surface area contributed by atoms with Crippen molar-refractivity contribution < 1.29 is 9.47 Å². The molecule has 0 atom stereocenters. The fraction of sp³-hybridized carbons (Fsp3) is 1.00. The van der Waals surface area contributed by atoms with E-state index in [0.29, 0.717) is 6.73 Å². The summed E-state index contributed by atoms with van der Waals surface area (Å²) in [5.41, 5.74) is 0. The maximum Gasteiger partial charge on any atom is 0.0984 e. The molecule has 56 valence electrons. The summed E-state index contributed by atoms with van der Waals surface area (Å²) >= 11 is 0. The van der Waals surface area contributed by atoms with Crippen molar-refractivity contribution in [2.45, 2.75) is 0 Å². The number of methoxy groups -OCH3 is 2. The molecule has 0 heterocycles. The van der Waals surface area contributed by atoms with Crippen LogP contribution in [-0.4, -0.2) is 46.0 Å². The molecular formula is C6H15NO2. The second-order valence-corrected chi connectivity index (χ2v) is 1.99. The van der Waals surface area contributed by atoms with Gasteiger partial charge in [-0.15, -0.1) is 0 Å². The van der Waals surface area contributed by atoms with Gasteiger partial charge in [0.1, 0.15) is 0 Å². The molecule has 0 saturated carbocycles. The van der Waals surface area contributed by atoms with Crippen LogP contribution >= 0.6 is 0 Å². The molecule has 0 aromatic carbocycles. The molecule has 0 unspecified atom stereocenters. The molecule has 0 amide bonds. The normalized spacial score (nSPS) is 10.7. The van der Waals surface area contributed by atoms with E-state index in [0.717, 1.165) is 13.2 Å². The monoisotopic (exact) mass is 133 g/mol. The second-order valence-electron chi connectivity index (χ2n) is 1.99. The molecule has 9 heavy (non-hydrogen) atoms. The molecule has 0 aliphatic rings. The molecule has 0 rings (SSSR count). The molecule has 0 fully saturated rings. The number of likely N-dealkylation sites (N-methyl/N-ethyl adjacent to an activating group) is 1. The third-order valence-corrected chi connectivity index (χ3v) is 1.03. The highest BCUT2D eigenvalue weighted by molar-refractivity contribution is 4.40. The third-order valence-electron chi connectivity index (χ3n) is 1.03. The quantitative estimate of drug-likeness (QED) is 0.499. The van der Waals surface area contributed by atoms with Gasteiger partial charge in [0.2, 0.25) is 0 Å². The van der Waals surface area contributed by atoms with Crippen molar-refractivity contribution in [2.24, 2.45) is 0 Å². The summed E-state index contributed by atoms with van der Waals surface area (Å²) in [6.07, 6.45) is 0. The minimum atomic E-state index is 0.670. The smallest absolute Gasteiger partial charge is 0.0984 e. The Labute approximate surface area is 56.6 Å². The highest BCUT2D eigenvalue weighted by atomic mass is 16.5. The zero-order chi connectivity index (χ0) is 7.11. The van der Waals surface area contributed by atoms with Gasteiger partial charge in [-0.2, -0.15) is 0 Å². The van der Waals surface area contributed by atoms with Gasteiger partial charge in [-0.3, -0.25) is 4.90 Å². The highest BCUT2D eigenvalue weighted by Gasteiger charge is 1.93. The first kappa shape index (κ1) is 8.88. The van der Waals surface area contributed by atoms with Crippen molar-refractivity contribution in [3.05, 3.63) is 0 Å². The molecule has 0 radical (unpaired) electrons. The lowest BCUT2D eigenvalue weighted by atomic mass is 10.6. The van der Waals surface area contributed by atoms with Crippen LogP contribution in [0.5, 0.6) is 0 Å². The van der Waals surface area contributed by atoms with Crippen LogP contribution in [0.2, 0.25) is 0 Å². The molecule has 0 aliphatic carbocycles. The number of ether oxygens (including phenoxy) is 2. The van der Waals surface area contributed by atoms with Gasteiger partial charge in [-0.05, 0) is 7.05 Å². The summed E-state index contributed by atoms with van der Waals surface area (Å²) in [4.78, 5) is 2.05. The predicted molar refractivity (Wildman–Crippen MR) is 36.4 cm³/mol. The molecule has 3 heteroatoms. The van der Waals surface area contributed by atoms with E-state index in [2.05, 4.69) is 0 Å². The lowest BCUT2D eigenvalue weighted by molar-refractivity contribution is 0.0613. The van der Waals surface area contributed by atoms with Crippen LogP contribution in [0.3, 0.4) is 0 Å². The second kappa shape index (κ2) is 6.01. The highest BCUT2D eigenvalue weighted by Crippen LogP contribution is 1.80. The van der Waals surface area contributed by atoms with Crippen LogP contribution < -0.4 is 0 Å². The lowest BCUT2D eigenvalue weighted by Crippen LogP contribution is -2.24. The van der Waals surface area contributed by atoms with Gasteiger partial charge in [0.05, 0.1) is 13.3 Å². The first-order valence-corrected chi connectivity index (χ1v) is 2.97. The number of hydrogen-bond donors (Lipinski definition) is 0. The fourth-order valence-electron chi connectivity index (χ4n) is 0.532. The minimum Gasteiger partial charge on any atom is -0.383 e. The summed E-state index contributed by atoms with van der Waals surface area (Å²) < 4.78 is 9.73. The Bertz CT molecular complexity index is 59.0. The van der Waals surface area contributed by atoms with Crippen molar-refractivity contribution in [3.63, 3.8) is 0 Å². The van der Waals surface area contributed by atoms with Gasteiger partial charge < -0.3 is 9.47 Å². The molecule has 0 spiro atoms. The van der Waals surface area contributed by atoms with Crippen LogP contribution in [-0.2, 0) is 9.47 Å². The van der Waals surface area contributed by atoms with Crippen LogP contribution in [0.1, 0.15) is 0 Å². The zero-order valence-electron chi connectivity index (χ0n) is 6.39. The molecule has 0 N–H and O–H groups in total. The van der Waals surface area contributed by atoms with Crippen LogP contribution in [0.25, 0.3) is 0 Å². The van der Waals surface area contributed by atoms with Gasteiger partial charge in [-0.25, -0.2) is 0 Å². The first-order chi connectivity index (χ1) is 4.31. The summed E-state index contributed by atoms with van der Waals surface area (Å²) in [5, 5.41) is 0. The first-order valence-electron chi connectivity index (χ1n) is 2.97. The summed E-state index contributed by atoms with van der Waals surface area (Å²) in [5.74, 6) is 0. The Balaban J connectivity index is 2.95. The lowest BCUT2D eigenvalue weighted by Gasteiger charge is -2.13. The van der Waals surface area contributed by atoms with Crippen LogP contribution in [0.4, 0.5) is 0 Å². The minimum absolute atomic E-state index is 0.670. The van der Waals surface area contributed by atoms with E-state index in [-0.39, 0.29) is 0 Å². The fourth-order valence-corrected chi connectivity index (χ4v) is 0.532. The molecule has 0 saturated heterocycles. The summed E-state index contributed by atoms with van der Waals surface area (Å²) in [6, 6.07) is 0. The standard InChI is InChI=1S/C6H15NO2/c1-7(6-9-3)4-5-8-2/h4-6H2,1-3H3. The molecule has 0 aromatic rings. The van der Waals surface area contributed by atoms with Crippen molar-refractivity contribution in [2.75, 3.05) is 41.1 Å². The molecule has 0 aromatic heterocycles. The predicted octanol–water partition coefficient (Wildman–Crippen LogP) is 0.169. The van der Waals surface area contributed by atoms with E-state index in [1.807, 2.05) is 11.9 Å². The summed E-state index contributed by atoms with van der Waals surface area (Å²) in [7, 11) is 5.37. The average molecular weight is 133 g/mol. The van der Waals surface area contributed by atoms with Gasteiger partial charge in [-0.1, -0.05) is 0 Å². The molecule has 0 aliphatic heterocycles. The van der Waals surface area contributed by atoms with E-state index >= 15 is 0 Å². The Morgan fingerprint density at radius 2 is 1.89 bits per heavy atom. The van der Waals surface area contributed by atoms with E-state index in [1.165, 1.54) is 0 Å². The van der Waals surface area contributed by atoms with Crippen LogP contribution in [0.15, 0.2) is 0 Å². The molecule has 3 nitrogen and oxygen atoms in total. The van der Waals surface area contributed by atoms with Gasteiger partial charge in [0, 0.05) is 20.8 Å². The largest absolute Gasteiger partial charge is 0.383 e. The van der Waals surface area contributed by atoms with Crippen molar-refractivity contribution in [3.8, 4) is 0 Å². The Morgan fingerprint density at radius 3 is 2.33 bits per heavy atom. The van der Waals surface area contributed by atoms with Gasteiger partial charge in [0.25, 0.3) is 0 Å². The number of rotatable bonds is 5.